The fraction of sp³-hybridized carbons (Fsp3) is 0.814. The molecule has 0 aliphatic carbocycles. The summed E-state index contributed by atoms with van der Waals surface area (Å²) in [6.07, 6.45) is -4.19. The molecule has 2 fully saturated rings. The zero-order chi connectivity index (χ0) is 47.8. The Kier molecular flexibility index (Phi) is 26.0. The molecule has 0 aromatic rings. The van der Waals surface area contributed by atoms with E-state index >= 15 is 0 Å². The minimum atomic E-state index is -1.47. The minimum absolute atomic E-state index is 0.233. The van der Waals surface area contributed by atoms with Crippen LogP contribution in [0, 0.1) is 0 Å². The van der Waals surface area contributed by atoms with Crippen molar-refractivity contribution in [3.63, 3.8) is 0 Å². The first-order valence-electron chi connectivity index (χ1n) is 21.8. The molecule has 0 unspecified atom stereocenters. The van der Waals surface area contributed by atoms with Crippen LogP contribution in [0.5, 0.6) is 0 Å². The number of rotatable bonds is 30. The smallest absolute Gasteiger partial charge is 0.303 e. The Hall–Kier alpha value is -4.44. The molecule has 0 aromatic heterocycles. The highest BCUT2D eigenvalue weighted by molar-refractivity contribution is 5.69. The van der Waals surface area contributed by atoms with Crippen molar-refractivity contribution in [3.8, 4) is 0 Å². The van der Waals surface area contributed by atoms with E-state index in [9.17, 15) is 38.4 Å². The Labute approximate surface area is 374 Å². The van der Waals surface area contributed by atoms with Gasteiger partial charge in [-0.1, -0.05) is 64.7 Å². The molecule has 0 amide bonds. The van der Waals surface area contributed by atoms with Crippen molar-refractivity contribution in [1.29, 1.82) is 0 Å². The van der Waals surface area contributed by atoms with Crippen LogP contribution in [0.4, 0.5) is 0 Å². The third kappa shape index (κ3) is 21.5. The summed E-state index contributed by atoms with van der Waals surface area (Å²) in [6.45, 7) is 9.64. The Morgan fingerprint density at radius 2 is 0.766 bits per heavy atom. The van der Waals surface area contributed by atoms with Crippen molar-refractivity contribution in [2.24, 2.45) is 0 Å². The van der Waals surface area contributed by atoms with Crippen molar-refractivity contribution >= 4 is 47.8 Å². The molecular weight excluding hydrogens is 852 g/mol. The second kappa shape index (κ2) is 29.9. The summed E-state index contributed by atoms with van der Waals surface area (Å²) in [7, 11) is 0. The Morgan fingerprint density at radius 1 is 0.422 bits per heavy atom. The number of carbonyl (C=O) groups excluding carboxylic acids is 8. The first-order chi connectivity index (χ1) is 30.3. The highest BCUT2D eigenvalue weighted by atomic mass is 16.8. The first-order valence-corrected chi connectivity index (χ1v) is 21.8. The fourth-order valence-electron chi connectivity index (χ4n) is 7.06. The number of ether oxygens (including phenoxy) is 13. The van der Waals surface area contributed by atoms with Gasteiger partial charge in [0, 0.05) is 62.0 Å². The molecule has 21 heteroatoms. The monoisotopic (exact) mass is 920 g/mol. The lowest BCUT2D eigenvalue weighted by Crippen LogP contribution is -2.47. The average Bonchev–Trinajstić information content (AvgIpc) is 3.68. The molecule has 0 bridgehead atoms. The van der Waals surface area contributed by atoms with E-state index in [1.807, 2.05) is 0 Å². The predicted molar refractivity (Wildman–Crippen MR) is 217 cm³/mol. The van der Waals surface area contributed by atoms with Gasteiger partial charge in [0.2, 0.25) is 0 Å². The normalized spacial score (nSPS) is 23.7. The molecule has 0 saturated carbocycles. The molecule has 0 radical (unpaired) electrons. The van der Waals surface area contributed by atoms with E-state index in [2.05, 4.69) is 6.92 Å². The number of unbranched alkanes of at least 4 members (excludes halogenated alkanes) is 9. The summed E-state index contributed by atoms with van der Waals surface area (Å²) < 4.78 is 73.7. The average molecular weight is 921 g/mol. The minimum Gasteiger partial charge on any atom is -0.462 e. The predicted octanol–water partition coefficient (Wildman–Crippen LogP) is 3.49. The summed E-state index contributed by atoms with van der Waals surface area (Å²) in [4.78, 5) is 97.0. The SMILES string of the molecule is CCCCCCCCCCCCOC(CO[C@@H]1O[C@H]([C@@H](COC(C)=O)OC(C)=O)[C@H](OC(C)=O)[C@@H]1OC(C)=O)CO[C@@H]1O[C@H]([C@@H](COC(C)=O)OC(C)=O)[C@H](OC(C)=O)[C@@H]1OC(C)=O. The topological polar surface area (TPSA) is 257 Å². The first kappa shape index (κ1) is 55.7. The lowest BCUT2D eigenvalue weighted by molar-refractivity contribution is -0.226. The zero-order valence-corrected chi connectivity index (χ0v) is 38.5. The molecule has 0 N–H and O–H groups in total. The van der Waals surface area contributed by atoms with Gasteiger partial charge in [0.05, 0.1) is 13.2 Å². The maximum absolute atomic E-state index is 12.4. The van der Waals surface area contributed by atoms with Crippen LogP contribution >= 0.6 is 0 Å². The van der Waals surface area contributed by atoms with Gasteiger partial charge in [0.25, 0.3) is 0 Å². The Morgan fingerprint density at radius 3 is 1.09 bits per heavy atom. The van der Waals surface area contributed by atoms with E-state index in [1.54, 1.807) is 0 Å². The molecule has 366 valence electrons. The maximum atomic E-state index is 12.4. The molecule has 0 spiro atoms. The summed E-state index contributed by atoms with van der Waals surface area (Å²) in [5.41, 5.74) is 0. The van der Waals surface area contributed by atoms with Crippen LogP contribution in [0.3, 0.4) is 0 Å². The molecule has 2 aliphatic rings. The molecule has 2 saturated heterocycles. The van der Waals surface area contributed by atoms with Crippen LogP contribution in [0.15, 0.2) is 0 Å². The van der Waals surface area contributed by atoms with Gasteiger partial charge in [-0.2, -0.15) is 0 Å². The number of carbonyl (C=O) groups is 8. The van der Waals surface area contributed by atoms with E-state index in [4.69, 9.17) is 61.6 Å². The molecule has 64 heavy (non-hydrogen) atoms. The van der Waals surface area contributed by atoms with Crippen molar-refractivity contribution in [1.82, 2.24) is 0 Å². The van der Waals surface area contributed by atoms with Gasteiger partial charge in [-0.15, -0.1) is 0 Å². The third-order valence-corrected chi connectivity index (χ3v) is 9.64. The number of hydrogen-bond donors (Lipinski definition) is 0. The quantitative estimate of drug-likeness (QED) is 0.0567. The van der Waals surface area contributed by atoms with Gasteiger partial charge in [0.15, 0.2) is 49.2 Å². The summed E-state index contributed by atoms with van der Waals surface area (Å²) in [5.74, 6) is -6.16. The van der Waals surface area contributed by atoms with E-state index < -0.39 is 128 Å². The molecule has 2 rings (SSSR count). The summed E-state index contributed by atoms with van der Waals surface area (Å²) >= 11 is 0. The van der Waals surface area contributed by atoms with Crippen molar-refractivity contribution in [2.75, 3.05) is 33.0 Å². The van der Waals surface area contributed by atoms with Crippen molar-refractivity contribution in [2.45, 2.75) is 194 Å². The largest absolute Gasteiger partial charge is 0.462 e. The van der Waals surface area contributed by atoms with Crippen molar-refractivity contribution in [3.05, 3.63) is 0 Å². The highest BCUT2D eigenvalue weighted by Crippen LogP contribution is 2.34. The van der Waals surface area contributed by atoms with Crippen LogP contribution in [-0.4, -0.2) is 148 Å². The van der Waals surface area contributed by atoms with Gasteiger partial charge in [-0.25, -0.2) is 0 Å². The second-order valence-electron chi connectivity index (χ2n) is 15.5. The molecule has 10 atom stereocenters. The molecule has 21 nitrogen and oxygen atoms in total. The molecule has 2 aliphatic heterocycles. The third-order valence-electron chi connectivity index (χ3n) is 9.64. The Balaban J connectivity index is 2.41. The van der Waals surface area contributed by atoms with E-state index in [0.717, 1.165) is 81.1 Å². The second-order valence-corrected chi connectivity index (χ2v) is 15.5. The fourth-order valence-corrected chi connectivity index (χ4v) is 7.06. The Bertz CT molecular complexity index is 1410. The highest BCUT2D eigenvalue weighted by Gasteiger charge is 2.56. The van der Waals surface area contributed by atoms with Crippen LogP contribution in [0.1, 0.15) is 127 Å². The van der Waals surface area contributed by atoms with Gasteiger partial charge < -0.3 is 61.6 Å². The molecular formula is C43H68O21. The van der Waals surface area contributed by atoms with Gasteiger partial charge in [-0.05, 0) is 6.42 Å². The van der Waals surface area contributed by atoms with Crippen LogP contribution < -0.4 is 0 Å². The zero-order valence-electron chi connectivity index (χ0n) is 38.5. The summed E-state index contributed by atoms with van der Waals surface area (Å²) in [5, 5.41) is 0. The number of esters is 8. The van der Waals surface area contributed by atoms with Crippen LogP contribution in [-0.2, 0) is 99.9 Å². The van der Waals surface area contributed by atoms with E-state index in [-0.39, 0.29) is 19.8 Å². The lowest BCUT2D eigenvalue weighted by Gasteiger charge is -2.27. The van der Waals surface area contributed by atoms with Crippen LogP contribution in [0.25, 0.3) is 0 Å². The lowest BCUT2D eigenvalue weighted by atomic mass is 10.1. The molecule has 0 aromatic carbocycles. The summed E-state index contributed by atoms with van der Waals surface area (Å²) in [6, 6.07) is 0. The van der Waals surface area contributed by atoms with Crippen LogP contribution in [0.2, 0.25) is 0 Å². The molecule has 2 heterocycles. The maximum Gasteiger partial charge on any atom is 0.303 e. The van der Waals surface area contributed by atoms with Gasteiger partial charge in [0.1, 0.15) is 31.5 Å². The van der Waals surface area contributed by atoms with E-state index in [0.29, 0.717) is 6.42 Å². The van der Waals surface area contributed by atoms with Gasteiger partial charge in [-0.3, -0.25) is 38.4 Å². The van der Waals surface area contributed by atoms with E-state index in [1.165, 1.54) is 32.1 Å². The van der Waals surface area contributed by atoms with Crippen molar-refractivity contribution < 1.29 is 99.9 Å². The standard InChI is InChI=1S/C43H68O21/c1-10-11-12-13-14-15-16-17-18-19-20-52-33(21-55-42-40(61-31(8)50)38(59-29(6)48)36(63-42)34(57-27(4)46)23-53-25(2)44)22-56-43-41(62-32(9)51)39(60-30(7)49)37(64-43)35(58-28(5)47)24-54-26(3)45/h33-43H,10-24H2,1-9H3/t34-,35-,36-,37-,38+,39+,40+,41+,42-,43-/m1/s1. The van der Waals surface area contributed by atoms with Gasteiger partial charge >= 0.3 is 47.8 Å². The number of hydrogen-bond acceptors (Lipinski definition) is 21.